The van der Waals surface area contributed by atoms with E-state index in [1.54, 1.807) is 0 Å². The highest BCUT2D eigenvalue weighted by Gasteiger charge is 2.05. The number of terminal acetylenes is 1. The Labute approximate surface area is 98.2 Å². The van der Waals surface area contributed by atoms with Gasteiger partial charge >= 0.3 is 0 Å². The van der Waals surface area contributed by atoms with E-state index in [4.69, 9.17) is 6.42 Å². The number of hydrogen-bond acceptors (Lipinski definition) is 2. The summed E-state index contributed by atoms with van der Waals surface area (Å²) >= 11 is 0. The first-order valence-electron chi connectivity index (χ1n) is 5.87. The number of aromatic nitrogens is 2. The molecule has 0 aliphatic rings. The van der Waals surface area contributed by atoms with Crippen molar-refractivity contribution >= 4 is 0 Å². The SMILES string of the molecule is C#CCC(CC)NCc1cnn(C(C)C)c1. The quantitative estimate of drug-likeness (QED) is 0.744. The summed E-state index contributed by atoms with van der Waals surface area (Å²) in [5.74, 6) is 2.70. The number of rotatable bonds is 6. The molecule has 0 aliphatic heterocycles. The Balaban J connectivity index is 2.44. The van der Waals surface area contributed by atoms with Gasteiger partial charge in [-0.05, 0) is 20.3 Å². The fourth-order valence-electron chi connectivity index (χ4n) is 1.52. The molecule has 3 heteroatoms. The van der Waals surface area contributed by atoms with E-state index >= 15 is 0 Å². The molecule has 0 saturated carbocycles. The Morgan fingerprint density at radius 3 is 2.81 bits per heavy atom. The molecule has 0 amide bonds. The lowest BCUT2D eigenvalue weighted by atomic mass is 10.1. The molecule has 0 saturated heterocycles. The summed E-state index contributed by atoms with van der Waals surface area (Å²) in [5.41, 5.74) is 1.21. The van der Waals surface area contributed by atoms with E-state index in [9.17, 15) is 0 Å². The highest BCUT2D eigenvalue weighted by molar-refractivity contribution is 5.04. The van der Waals surface area contributed by atoms with Crippen molar-refractivity contribution in [2.45, 2.75) is 52.2 Å². The highest BCUT2D eigenvalue weighted by Crippen LogP contribution is 2.06. The molecule has 88 valence electrons. The molecule has 1 aromatic heterocycles. The van der Waals surface area contributed by atoms with Crippen LogP contribution in [0.1, 0.15) is 45.2 Å². The topological polar surface area (TPSA) is 29.9 Å². The smallest absolute Gasteiger partial charge is 0.0534 e. The van der Waals surface area contributed by atoms with Crippen molar-refractivity contribution in [3.05, 3.63) is 18.0 Å². The fourth-order valence-corrected chi connectivity index (χ4v) is 1.52. The minimum Gasteiger partial charge on any atom is -0.309 e. The van der Waals surface area contributed by atoms with Crippen molar-refractivity contribution in [2.24, 2.45) is 0 Å². The molecule has 1 N–H and O–H groups in total. The van der Waals surface area contributed by atoms with Crippen LogP contribution in [-0.4, -0.2) is 15.8 Å². The molecule has 1 aromatic rings. The van der Waals surface area contributed by atoms with Gasteiger partial charge in [0.2, 0.25) is 0 Å². The standard InChI is InChI=1S/C13H21N3/c1-5-7-13(6-2)14-8-12-9-15-16(10-12)11(3)4/h1,9-11,13-14H,6-8H2,2-4H3. The lowest BCUT2D eigenvalue weighted by molar-refractivity contribution is 0.504. The van der Waals surface area contributed by atoms with Gasteiger partial charge < -0.3 is 5.32 Å². The molecule has 1 heterocycles. The van der Waals surface area contributed by atoms with Gasteiger partial charge in [0.15, 0.2) is 0 Å². The predicted octanol–water partition coefficient (Wildman–Crippen LogP) is 2.36. The van der Waals surface area contributed by atoms with Gasteiger partial charge in [-0.2, -0.15) is 5.10 Å². The molecule has 16 heavy (non-hydrogen) atoms. The van der Waals surface area contributed by atoms with Crippen LogP contribution >= 0.6 is 0 Å². The van der Waals surface area contributed by atoms with Crippen LogP contribution in [-0.2, 0) is 6.54 Å². The molecule has 1 unspecified atom stereocenters. The van der Waals surface area contributed by atoms with Crippen molar-refractivity contribution in [2.75, 3.05) is 0 Å². The van der Waals surface area contributed by atoms with Crippen LogP contribution in [0.3, 0.4) is 0 Å². The van der Waals surface area contributed by atoms with Crippen molar-refractivity contribution in [1.29, 1.82) is 0 Å². The van der Waals surface area contributed by atoms with Gasteiger partial charge in [-0.3, -0.25) is 4.68 Å². The van der Waals surface area contributed by atoms with Crippen LogP contribution in [0.25, 0.3) is 0 Å². The molecule has 1 rings (SSSR count). The zero-order chi connectivity index (χ0) is 12.0. The Hall–Kier alpha value is -1.27. The van der Waals surface area contributed by atoms with Gasteiger partial charge in [0.05, 0.1) is 6.20 Å². The third-order valence-electron chi connectivity index (χ3n) is 2.64. The van der Waals surface area contributed by atoms with E-state index in [2.05, 4.69) is 43.3 Å². The maximum Gasteiger partial charge on any atom is 0.0534 e. The number of nitrogens with one attached hydrogen (secondary N) is 1. The Morgan fingerprint density at radius 1 is 1.56 bits per heavy atom. The molecule has 0 fully saturated rings. The molecule has 0 aromatic carbocycles. The lowest BCUT2D eigenvalue weighted by Gasteiger charge is -2.12. The van der Waals surface area contributed by atoms with E-state index in [1.807, 2.05) is 10.9 Å². The number of hydrogen-bond donors (Lipinski definition) is 1. The first-order chi connectivity index (χ1) is 7.67. The molecule has 0 spiro atoms. The Morgan fingerprint density at radius 2 is 2.31 bits per heavy atom. The predicted molar refractivity (Wildman–Crippen MR) is 67.0 cm³/mol. The lowest BCUT2D eigenvalue weighted by Crippen LogP contribution is -2.27. The van der Waals surface area contributed by atoms with Crippen LogP contribution in [0.2, 0.25) is 0 Å². The van der Waals surface area contributed by atoms with Crippen molar-refractivity contribution in [3.63, 3.8) is 0 Å². The van der Waals surface area contributed by atoms with Crippen LogP contribution in [0.15, 0.2) is 12.4 Å². The van der Waals surface area contributed by atoms with Gasteiger partial charge in [-0.15, -0.1) is 12.3 Å². The van der Waals surface area contributed by atoms with Crippen LogP contribution < -0.4 is 5.32 Å². The van der Waals surface area contributed by atoms with Crippen LogP contribution in [0.4, 0.5) is 0 Å². The molecular formula is C13H21N3. The zero-order valence-electron chi connectivity index (χ0n) is 10.4. The molecule has 3 nitrogen and oxygen atoms in total. The molecular weight excluding hydrogens is 198 g/mol. The fraction of sp³-hybridized carbons (Fsp3) is 0.615. The highest BCUT2D eigenvalue weighted by atomic mass is 15.3. The van der Waals surface area contributed by atoms with Crippen molar-refractivity contribution in [1.82, 2.24) is 15.1 Å². The second kappa shape index (κ2) is 6.34. The van der Waals surface area contributed by atoms with E-state index < -0.39 is 0 Å². The largest absolute Gasteiger partial charge is 0.309 e. The minimum absolute atomic E-state index is 0.410. The summed E-state index contributed by atoms with van der Waals surface area (Å²) < 4.78 is 1.97. The zero-order valence-corrected chi connectivity index (χ0v) is 10.4. The molecule has 1 atom stereocenters. The summed E-state index contributed by atoms with van der Waals surface area (Å²) in [5, 5.41) is 7.74. The first-order valence-corrected chi connectivity index (χ1v) is 5.87. The summed E-state index contributed by atoms with van der Waals surface area (Å²) in [6.45, 7) is 7.23. The van der Waals surface area contributed by atoms with Crippen LogP contribution in [0.5, 0.6) is 0 Å². The normalized spacial score (nSPS) is 12.7. The van der Waals surface area contributed by atoms with E-state index in [0.717, 1.165) is 19.4 Å². The van der Waals surface area contributed by atoms with E-state index in [-0.39, 0.29) is 0 Å². The summed E-state index contributed by atoms with van der Waals surface area (Å²) in [6, 6.07) is 0.828. The minimum atomic E-state index is 0.410. The molecule has 0 bridgehead atoms. The van der Waals surface area contributed by atoms with Gasteiger partial charge in [0.25, 0.3) is 0 Å². The third-order valence-corrected chi connectivity index (χ3v) is 2.64. The molecule has 0 radical (unpaired) electrons. The van der Waals surface area contributed by atoms with E-state index in [1.165, 1.54) is 5.56 Å². The summed E-state index contributed by atoms with van der Waals surface area (Å²) in [4.78, 5) is 0. The molecule has 0 aliphatic carbocycles. The van der Waals surface area contributed by atoms with Gasteiger partial charge in [0.1, 0.15) is 0 Å². The average Bonchev–Trinajstić information content (AvgIpc) is 2.73. The van der Waals surface area contributed by atoms with Gasteiger partial charge in [-0.25, -0.2) is 0 Å². The number of nitrogens with zero attached hydrogens (tertiary/aromatic N) is 2. The van der Waals surface area contributed by atoms with Crippen molar-refractivity contribution in [3.8, 4) is 12.3 Å². The van der Waals surface area contributed by atoms with Gasteiger partial charge in [0, 0.05) is 36.8 Å². The van der Waals surface area contributed by atoms with Crippen molar-refractivity contribution < 1.29 is 0 Å². The maximum absolute atomic E-state index is 5.31. The first kappa shape index (κ1) is 12.8. The second-order valence-corrected chi connectivity index (χ2v) is 4.32. The Kier molecular flexibility index (Phi) is 5.07. The average molecular weight is 219 g/mol. The Bertz CT molecular complexity index is 346. The maximum atomic E-state index is 5.31. The second-order valence-electron chi connectivity index (χ2n) is 4.32. The summed E-state index contributed by atoms with van der Waals surface area (Å²) in [6.07, 6.45) is 11.2. The summed E-state index contributed by atoms with van der Waals surface area (Å²) in [7, 11) is 0. The van der Waals surface area contributed by atoms with E-state index in [0.29, 0.717) is 12.1 Å². The monoisotopic (exact) mass is 219 g/mol. The third kappa shape index (κ3) is 3.71. The van der Waals surface area contributed by atoms with Crippen LogP contribution in [0, 0.1) is 12.3 Å². The van der Waals surface area contributed by atoms with Gasteiger partial charge in [-0.1, -0.05) is 6.92 Å².